The quantitative estimate of drug-likeness (QED) is 0.413. The second-order valence-corrected chi connectivity index (χ2v) is 11.6. The van der Waals surface area contributed by atoms with Crippen LogP contribution in [0.15, 0.2) is 30.3 Å². The molecule has 19 heavy (non-hydrogen) atoms. The zero-order valence-electron chi connectivity index (χ0n) is 12.8. The number of methoxy groups -OCH3 is 1. The normalized spacial score (nSPS) is 13.8. The summed E-state index contributed by atoms with van der Waals surface area (Å²) in [4.78, 5) is 2.40. The summed E-state index contributed by atoms with van der Waals surface area (Å²) in [6.07, 6.45) is 1.12. The van der Waals surface area contributed by atoms with Gasteiger partial charge in [0.1, 0.15) is 13.5 Å². The highest BCUT2D eigenvalue weighted by atomic mass is 28.3. The van der Waals surface area contributed by atoms with Crippen molar-refractivity contribution in [2.45, 2.75) is 32.6 Å². The molecular weight excluding hydrogens is 254 g/mol. The van der Waals surface area contributed by atoms with Gasteiger partial charge in [-0.3, -0.25) is 4.90 Å². The molecule has 0 aliphatic heterocycles. The third-order valence-corrected chi connectivity index (χ3v) is 4.32. The Hall–Kier alpha value is -0.683. The second-order valence-electron chi connectivity index (χ2n) is 6.13. The lowest BCUT2D eigenvalue weighted by Gasteiger charge is -2.33. The van der Waals surface area contributed by atoms with Crippen LogP contribution in [0.5, 0.6) is 0 Å². The first kappa shape index (κ1) is 16.4. The lowest BCUT2D eigenvalue weighted by molar-refractivity contribution is -0.0781. The van der Waals surface area contributed by atoms with Gasteiger partial charge in [-0.05, 0) is 18.7 Å². The van der Waals surface area contributed by atoms with Crippen molar-refractivity contribution in [3.63, 3.8) is 0 Å². The molecule has 0 bridgehead atoms. The number of ether oxygens (including phenoxy) is 2. The molecule has 0 N–H and O–H groups in total. The number of hydrogen-bond acceptors (Lipinski definition) is 3. The summed E-state index contributed by atoms with van der Waals surface area (Å²) in [7, 11) is 0.485. The van der Waals surface area contributed by atoms with E-state index in [1.807, 2.05) is 0 Å². The molecule has 1 aromatic carbocycles. The van der Waals surface area contributed by atoms with Gasteiger partial charge in [-0.2, -0.15) is 0 Å². The van der Waals surface area contributed by atoms with E-state index in [2.05, 4.69) is 61.8 Å². The monoisotopic (exact) mass is 281 g/mol. The Balaban J connectivity index is 2.71. The van der Waals surface area contributed by atoms with Crippen molar-refractivity contribution in [3.8, 4) is 0 Å². The number of nitrogens with zero attached hydrogens (tertiary/aromatic N) is 1. The zero-order chi connectivity index (χ0) is 14.3. The second kappa shape index (κ2) is 7.80. The minimum Gasteiger partial charge on any atom is -0.359 e. The summed E-state index contributed by atoms with van der Waals surface area (Å²) in [5.41, 5.74) is 1.33. The van der Waals surface area contributed by atoms with E-state index in [1.54, 1.807) is 7.11 Å². The summed E-state index contributed by atoms with van der Waals surface area (Å²) in [6.45, 7) is 10.4. The SMILES string of the molecule is COCOCN(C[Si](C)(C)C)[C@H](C)c1ccccc1. The Labute approximate surface area is 118 Å². The summed E-state index contributed by atoms with van der Waals surface area (Å²) < 4.78 is 10.5. The Kier molecular flexibility index (Phi) is 6.72. The van der Waals surface area contributed by atoms with E-state index in [-0.39, 0.29) is 0 Å². The predicted octanol–water partition coefficient (Wildman–Crippen LogP) is 3.51. The molecule has 0 aliphatic rings. The van der Waals surface area contributed by atoms with E-state index in [1.165, 1.54) is 5.56 Å². The average molecular weight is 281 g/mol. The smallest absolute Gasteiger partial charge is 0.148 e. The van der Waals surface area contributed by atoms with Crippen molar-refractivity contribution in [3.05, 3.63) is 35.9 Å². The largest absolute Gasteiger partial charge is 0.359 e. The van der Waals surface area contributed by atoms with Gasteiger partial charge in [0, 0.05) is 13.2 Å². The van der Waals surface area contributed by atoms with Crippen molar-refractivity contribution < 1.29 is 9.47 Å². The fourth-order valence-corrected chi connectivity index (χ4v) is 3.67. The minimum atomic E-state index is -1.17. The molecule has 0 heterocycles. The molecule has 0 saturated heterocycles. The molecule has 0 unspecified atom stereocenters. The van der Waals surface area contributed by atoms with E-state index < -0.39 is 8.07 Å². The minimum absolute atomic E-state index is 0.351. The van der Waals surface area contributed by atoms with Crippen LogP contribution < -0.4 is 0 Å². The lowest BCUT2D eigenvalue weighted by atomic mass is 10.1. The van der Waals surface area contributed by atoms with Crippen LogP contribution in [0.3, 0.4) is 0 Å². The van der Waals surface area contributed by atoms with Gasteiger partial charge in [0.05, 0.1) is 8.07 Å². The first-order valence-corrected chi connectivity index (χ1v) is 10.5. The van der Waals surface area contributed by atoms with Crippen molar-refractivity contribution in [1.82, 2.24) is 4.90 Å². The molecule has 1 aromatic rings. The van der Waals surface area contributed by atoms with Crippen LogP contribution in [0.4, 0.5) is 0 Å². The Bertz CT molecular complexity index is 351. The molecule has 4 heteroatoms. The Morgan fingerprint density at radius 3 is 2.32 bits per heavy atom. The molecule has 108 valence electrons. The molecule has 3 nitrogen and oxygen atoms in total. The van der Waals surface area contributed by atoms with Crippen LogP contribution in [0.25, 0.3) is 0 Å². The summed E-state index contributed by atoms with van der Waals surface area (Å²) in [5.74, 6) is 0. The highest BCUT2D eigenvalue weighted by Gasteiger charge is 2.23. The summed E-state index contributed by atoms with van der Waals surface area (Å²) >= 11 is 0. The number of benzene rings is 1. The Morgan fingerprint density at radius 1 is 1.16 bits per heavy atom. The van der Waals surface area contributed by atoms with Crippen LogP contribution >= 0.6 is 0 Å². The maximum atomic E-state index is 5.56. The first-order chi connectivity index (χ1) is 8.94. The summed E-state index contributed by atoms with van der Waals surface area (Å²) in [6, 6.07) is 11.0. The zero-order valence-corrected chi connectivity index (χ0v) is 13.8. The third kappa shape index (κ3) is 6.34. The standard InChI is InChI=1S/C15H27NO2Si/c1-14(15-9-7-6-8-10-15)16(11-18-13-17-2)12-19(3,4)5/h6-10,14H,11-13H2,1-5H3/t14-/m1/s1. The molecule has 0 fully saturated rings. The molecule has 0 spiro atoms. The van der Waals surface area contributed by atoms with Gasteiger partial charge in [0.2, 0.25) is 0 Å². The van der Waals surface area contributed by atoms with Crippen molar-refractivity contribution in [2.24, 2.45) is 0 Å². The van der Waals surface area contributed by atoms with Gasteiger partial charge in [-0.25, -0.2) is 0 Å². The summed E-state index contributed by atoms with van der Waals surface area (Å²) in [5, 5.41) is 0. The molecule has 0 aromatic heterocycles. The molecule has 0 saturated carbocycles. The van der Waals surface area contributed by atoms with Crippen molar-refractivity contribution >= 4 is 8.07 Å². The van der Waals surface area contributed by atoms with Gasteiger partial charge < -0.3 is 9.47 Å². The van der Waals surface area contributed by atoms with E-state index in [9.17, 15) is 0 Å². The van der Waals surface area contributed by atoms with Gasteiger partial charge >= 0.3 is 0 Å². The average Bonchev–Trinajstić information content (AvgIpc) is 2.36. The van der Waals surface area contributed by atoms with Crippen molar-refractivity contribution in [1.29, 1.82) is 0 Å². The van der Waals surface area contributed by atoms with Gasteiger partial charge in [0.25, 0.3) is 0 Å². The fraction of sp³-hybridized carbons (Fsp3) is 0.600. The van der Waals surface area contributed by atoms with E-state index in [4.69, 9.17) is 9.47 Å². The predicted molar refractivity (Wildman–Crippen MR) is 82.7 cm³/mol. The van der Waals surface area contributed by atoms with Gasteiger partial charge in [0.15, 0.2) is 0 Å². The molecule has 0 aliphatic carbocycles. The van der Waals surface area contributed by atoms with Gasteiger partial charge in [-0.1, -0.05) is 50.0 Å². The number of rotatable bonds is 8. The van der Waals surface area contributed by atoms with Crippen molar-refractivity contribution in [2.75, 3.05) is 26.8 Å². The van der Waals surface area contributed by atoms with Crippen LogP contribution in [0.2, 0.25) is 19.6 Å². The van der Waals surface area contributed by atoms with E-state index >= 15 is 0 Å². The number of hydrogen-bond donors (Lipinski definition) is 0. The Morgan fingerprint density at radius 2 is 1.79 bits per heavy atom. The third-order valence-electron chi connectivity index (χ3n) is 2.97. The molecule has 0 amide bonds. The maximum absolute atomic E-state index is 5.56. The van der Waals surface area contributed by atoms with Crippen LogP contribution in [0, 0.1) is 0 Å². The topological polar surface area (TPSA) is 21.7 Å². The lowest BCUT2D eigenvalue weighted by Crippen LogP contribution is -2.42. The first-order valence-electron chi connectivity index (χ1n) is 6.80. The molecular formula is C15H27NO2Si. The van der Waals surface area contributed by atoms with E-state index in [0.29, 0.717) is 19.6 Å². The maximum Gasteiger partial charge on any atom is 0.148 e. The van der Waals surface area contributed by atoms with E-state index in [0.717, 1.165) is 6.17 Å². The molecule has 0 radical (unpaired) electrons. The fourth-order valence-electron chi connectivity index (χ4n) is 2.08. The van der Waals surface area contributed by atoms with Crippen LogP contribution in [-0.2, 0) is 9.47 Å². The highest BCUT2D eigenvalue weighted by Crippen LogP contribution is 2.21. The van der Waals surface area contributed by atoms with Crippen LogP contribution in [-0.4, -0.2) is 39.8 Å². The molecule has 1 rings (SSSR count). The van der Waals surface area contributed by atoms with Crippen LogP contribution in [0.1, 0.15) is 18.5 Å². The highest BCUT2D eigenvalue weighted by molar-refractivity contribution is 6.76. The van der Waals surface area contributed by atoms with Gasteiger partial charge in [-0.15, -0.1) is 0 Å². The molecule has 1 atom stereocenters.